The number of aromatic nitrogens is 2. The van der Waals surface area contributed by atoms with Crippen molar-refractivity contribution in [2.45, 2.75) is 50.8 Å². The van der Waals surface area contributed by atoms with Gasteiger partial charge in [0, 0.05) is 23.8 Å². The smallest absolute Gasteiger partial charge is 0.232 e. The Morgan fingerprint density at radius 1 is 1.40 bits per heavy atom. The summed E-state index contributed by atoms with van der Waals surface area (Å²) in [5, 5.41) is 21.1. The molecule has 1 aromatic heterocycles. The van der Waals surface area contributed by atoms with Gasteiger partial charge in [0.15, 0.2) is 11.8 Å². The molecule has 10 heteroatoms. The van der Waals surface area contributed by atoms with Crippen molar-refractivity contribution in [1.82, 2.24) is 20.2 Å². The maximum absolute atomic E-state index is 15.2. The number of carbonyl (C=O) groups excluding carboxylic acids is 1. The summed E-state index contributed by atoms with van der Waals surface area (Å²) in [6, 6.07) is 10.0. The molecule has 0 unspecified atom stereocenters. The van der Waals surface area contributed by atoms with Crippen LogP contribution in [-0.2, 0) is 15.1 Å². The van der Waals surface area contributed by atoms with Gasteiger partial charge in [-0.05, 0) is 44.9 Å². The van der Waals surface area contributed by atoms with Crippen molar-refractivity contribution in [3.8, 4) is 17.5 Å². The lowest BCUT2D eigenvalue weighted by molar-refractivity contribution is -0.134. The number of guanidine groups is 1. The minimum absolute atomic E-state index is 0.0109. The van der Waals surface area contributed by atoms with Crippen LogP contribution in [0.25, 0.3) is 22.4 Å². The monoisotopic (exact) mass is 494 g/mol. The van der Waals surface area contributed by atoms with Crippen LogP contribution in [0.5, 0.6) is 0 Å². The average molecular weight is 495 g/mol. The topological polar surface area (TPSA) is 118 Å². The van der Waals surface area contributed by atoms with Gasteiger partial charge < -0.3 is 15.0 Å². The molecule has 3 heterocycles. The summed E-state index contributed by atoms with van der Waals surface area (Å²) in [5.74, 6) is -0.468. The van der Waals surface area contributed by atoms with Gasteiger partial charge in [0.2, 0.25) is 5.91 Å². The number of H-pyrrole nitrogens is 1. The predicted molar refractivity (Wildman–Crippen MR) is 129 cm³/mol. The zero-order valence-corrected chi connectivity index (χ0v) is 20.0. The number of hydrogen-bond acceptors (Lipinski definition) is 5. The Kier molecular flexibility index (Phi) is 5.74. The van der Waals surface area contributed by atoms with Gasteiger partial charge in [0.25, 0.3) is 0 Å². The van der Waals surface area contributed by atoms with E-state index in [1.807, 2.05) is 6.92 Å². The van der Waals surface area contributed by atoms with Crippen molar-refractivity contribution in [3.05, 3.63) is 52.3 Å². The first kappa shape index (κ1) is 23.3. The van der Waals surface area contributed by atoms with Crippen LogP contribution in [0.15, 0.2) is 30.3 Å². The number of imidazole rings is 1. The van der Waals surface area contributed by atoms with E-state index in [2.05, 4.69) is 21.4 Å². The second-order valence-corrected chi connectivity index (χ2v) is 9.71. The maximum Gasteiger partial charge on any atom is 0.232 e. The standard InChI is InChI=1S/C25H24ClFN6O2/c1-13-8-16(6-7-35-13)33-19(34)11-25(2,32-24(33)29)17-10-18(27)21-22(20(17)26)31-23(30-21)15-5-3-4-14(9-15)12-28/h3-5,9-10,13,16H,6-8,11H2,1-2H3,(H2,29,32)(H,30,31)/t13-,16-,25-/m0/s1. The third kappa shape index (κ3) is 4.03. The summed E-state index contributed by atoms with van der Waals surface area (Å²) in [6.07, 6.45) is 1.33. The molecule has 2 aliphatic heterocycles. The fourth-order valence-electron chi connectivity index (χ4n) is 5.01. The molecule has 3 atom stereocenters. The quantitative estimate of drug-likeness (QED) is 0.497. The van der Waals surface area contributed by atoms with E-state index in [1.54, 1.807) is 31.2 Å². The molecule has 5 rings (SSSR count). The zero-order valence-electron chi connectivity index (χ0n) is 19.3. The molecular formula is C25H24ClFN6O2. The lowest BCUT2D eigenvalue weighted by Crippen LogP contribution is -2.63. The van der Waals surface area contributed by atoms with Crippen molar-refractivity contribution in [2.24, 2.45) is 0 Å². The Bertz CT molecular complexity index is 1380. The fraction of sp³-hybridized carbons (Fsp3) is 0.360. The highest BCUT2D eigenvalue weighted by Crippen LogP contribution is 2.40. The normalized spacial score (nSPS) is 24.9. The number of nitrogens with one attached hydrogen (secondary N) is 3. The summed E-state index contributed by atoms with van der Waals surface area (Å²) in [5.41, 5.74) is 0.714. The van der Waals surface area contributed by atoms with Gasteiger partial charge in [0.1, 0.15) is 11.3 Å². The second kappa shape index (κ2) is 8.63. The van der Waals surface area contributed by atoms with Crippen LogP contribution in [0.4, 0.5) is 4.39 Å². The fourth-order valence-corrected chi connectivity index (χ4v) is 5.41. The summed E-state index contributed by atoms with van der Waals surface area (Å²) in [4.78, 5) is 22.2. The van der Waals surface area contributed by atoms with Gasteiger partial charge in [-0.15, -0.1) is 0 Å². The van der Waals surface area contributed by atoms with Crippen molar-refractivity contribution in [2.75, 3.05) is 6.61 Å². The molecular weight excluding hydrogens is 471 g/mol. The molecule has 0 saturated carbocycles. The Balaban J connectivity index is 1.51. The number of hydrogen-bond donors (Lipinski definition) is 3. The highest BCUT2D eigenvalue weighted by Gasteiger charge is 2.44. The molecule has 0 aliphatic carbocycles. The molecule has 2 fully saturated rings. The van der Waals surface area contributed by atoms with Crippen molar-refractivity contribution in [1.29, 1.82) is 10.7 Å². The molecule has 35 heavy (non-hydrogen) atoms. The van der Waals surface area contributed by atoms with Gasteiger partial charge in [-0.2, -0.15) is 5.26 Å². The first-order chi connectivity index (χ1) is 16.7. The molecule has 0 spiro atoms. The lowest BCUT2D eigenvalue weighted by Gasteiger charge is -2.45. The number of benzene rings is 2. The van der Waals surface area contributed by atoms with Gasteiger partial charge >= 0.3 is 0 Å². The van der Waals surface area contributed by atoms with Crippen LogP contribution in [-0.4, -0.2) is 45.5 Å². The lowest BCUT2D eigenvalue weighted by atomic mass is 9.85. The van der Waals surface area contributed by atoms with E-state index >= 15 is 4.39 Å². The Hall–Kier alpha value is -3.48. The van der Waals surface area contributed by atoms with Crippen LogP contribution in [0.2, 0.25) is 5.02 Å². The van der Waals surface area contributed by atoms with E-state index in [0.717, 1.165) is 0 Å². The van der Waals surface area contributed by atoms with Gasteiger partial charge in [-0.3, -0.25) is 15.1 Å². The number of ether oxygens (including phenoxy) is 1. The number of carbonyl (C=O) groups is 1. The third-order valence-electron chi connectivity index (χ3n) is 6.75. The van der Waals surface area contributed by atoms with Crippen molar-refractivity contribution >= 4 is 34.5 Å². The number of fused-ring (bicyclic) bond motifs is 1. The van der Waals surface area contributed by atoms with Crippen LogP contribution in [0.3, 0.4) is 0 Å². The van der Waals surface area contributed by atoms with E-state index < -0.39 is 11.4 Å². The van der Waals surface area contributed by atoms with E-state index in [-0.39, 0.29) is 41.0 Å². The number of rotatable bonds is 3. The van der Waals surface area contributed by atoms with Crippen LogP contribution >= 0.6 is 11.6 Å². The summed E-state index contributed by atoms with van der Waals surface area (Å²) in [6.45, 7) is 4.23. The highest BCUT2D eigenvalue weighted by molar-refractivity contribution is 6.36. The minimum Gasteiger partial charge on any atom is -0.378 e. The number of amides is 1. The van der Waals surface area contributed by atoms with E-state index in [0.29, 0.717) is 47.5 Å². The highest BCUT2D eigenvalue weighted by atomic mass is 35.5. The Morgan fingerprint density at radius 2 is 2.20 bits per heavy atom. The first-order valence-electron chi connectivity index (χ1n) is 11.4. The van der Waals surface area contributed by atoms with Gasteiger partial charge in [0.05, 0.1) is 40.2 Å². The van der Waals surface area contributed by atoms with Crippen molar-refractivity contribution < 1.29 is 13.9 Å². The van der Waals surface area contributed by atoms with Crippen LogP contribution in [0.1, 0.15) is 44.2 Å². The number of aromatic amines is 1. The average Bonchev–Trinajstić information content (AvgIpc) is 3.28. The van der Waals surface area contributed by atoms with Crippen LogP contribution < -0.4 is 5.32 Å². The van der Waals surface area contributed by atoms with E-state index in [9.17, 15) is 10.1 Å². The largest absolute Gasteiger partial charge is 0.378 e. The molecule has 180 valence electrons. The molecule has 0 radical (unpaired) electrons. The summed E-state index contributed by atoms with van der Waals surface area (Å²) >= 11 is 6.75. The molecule has 8 nitrogen and oxygen atoms in total. The molecule has 2 saturated heterocycles. The van der Waals surface area contributed by atoms with Gasteiger partial charge in [-0.25, -0.2) is 9.37 Å². The molecule has 3 N–H and O–H groups in total. The molecule has 2 aromatic carbocycles. The number of nitrogens with zero attached hydrogens (tertiary/aromatic N) is 3. The summed E-state index contributed by atoms with van der Waals surface area (Å²) in [7, 11) is 0. The zero-order chi connectivity index (χ0) is 24.9. The second-order valence-electron chi connectivity index (χ2n) is 9.33. The van der Waals surface area contributed by atoms with E-state index in [4.69, 9.17) is 21.7 Å². The molecule has 0 bridgehead atoms. The SMILES string of the molecule is C[C@H]1C[C@@H](N2C(=N)N[C@](C)(c3cc(F)c4nc(-c5cccc(C#N)c5)[nH]c4c3Cl)CC2=O)CCO1. The number of halogens is 2. The third-order valence-corrected chi connectivity index (χ3v) is 7.14. The first-order valence-corrected chi connectivity index (χ1v) is 11.8. The maximum atomic E-state index is 15.2. The summed E-state index contributed by atoms with van der Waals surface area (Å²) < 4.78 is 20.8. The Morgan fingerprint density at radius 3 is 2.91 bits per heavy atom. The molecule has 3 aromatic rings. The molecule has 1 amide bonds. The molecule has 2 aliphatic rings. The van der Waals surface area contributed by atoms with E-state index in [1.165, 1.54) is 11.0 Å². The Labute approximate surface area is 206 Å². The van der Waals surface area contributed by atoms with Crippen LogP contribution in [0, 0.1) is 22.6 Å². The van der Waals surface area contributed by atoms with Crippen molar-refractivity contribution in [3.63, 3.8) is 0 Å². The predicted octanol–water partition coefficient (Wildman–Crippen LogP) is 4.43. The number of nitriles is 1. The minimum atomic E-state index is -1.08. The van der Waals surface area contributed by atoms with Gasteiger partial charge in [-0.1, -0.05) is 23.7 Å².